The van der Waals surface area contributed by atoms with Crippen molar-refractivity contribution in [1.29, 1.82) is 0 Å². The van der Waals surface area contributed by atoms with Gasteiger partial charge in [-0.2, -0.15) is 0 Å². The van der Waals surface area contributed by atoms with Crippen molar-refractivity contribution >= 4 is 17.0 Å². The topological polar surface area (TPSA) is 58.0 Å². The SMILES string of the molecule is [N-]=[N+]=Nc1ccccc1OCCc1cccs1. The molecule has 0 spiro atoms. The first-order valence-electron chi connectivity index (χ1n) is 5.19. The first-order valence-corrected chi connectivity index (χ1v) is 6.07. The second-order valence-corrected chi connectivity index (χ2v) is 4.37. The summed E-state index contributed by atoms with van der Waals surface area (Å²) < 4.78 is 5.60. The van der Waals surface area contributed by atoms with Crippen LogP contribution in [-0.4, -0.2) is 6.61 Å². The molecule has 0 atom stereocenters. The molecule has 1 aromatic heterocycles. The number of hydrogen-bond acceptors (Lipinski definition) is 3. The second kappa shape index (κ2) is 5.94. The summed E-state index contributed by atoms with van der Waals surface area (Å²) in [5.41, 5.74) is 8.95. The van der Waals surface area contributed by atoms with Crippen LogP contribution in [0.25, 0.3) is 10.4 Å². The molecule has 2 rings (SSSR count). The molecule has 0 unspecified atom stereocenters. The third kappa shape index (κ3) is 3.24. The Morgan fingerprint density at radius 3 is 2.88 bits per heavy atom. The van der Waals surface area contributed by atoms with E-state index in [0.717, 1.165) is 6.42 Å². The van der Waals surface area contributed by atoms with Gasteiger partial charge in [-0.3, -0.25) is 0 Å². The van der Waals surface area contributed by atoms with Gasteiger partial charge in [-0.25, -0.2) is 0 Å². The zero-order chi connectivity index (χ0) is 11.9. The Kier molecular flexibility index (Phi) is 4.02. The summed E-state index contributed by atoms with van der Waals surface area (Å²) in [6, 6.07) is 11.3. The van der Waals surface area contributed by atoms with Crippen molar-refractivity contribution in [2.75, 3.05) is 6.61 Å². The minimum absolute atomic E-state index is 0.529. The largest absolute Gasteiger partial charge is 0.493 e. The lowest BCUT2D eigenvalue weighted by Gasteiger charge is -2.07. The number of rotatable bonds is 5. The van der Waals surface area contributed by atoms with Crippen molar-refractivity contribution < 1.29 is 4.74 Å². The fourth-order valence-electron chi connectivity index (χ4n) is 1.43. The van der Waals surface area contributed by atoms with Crippen LogP contribution in [0.3, 0.4) is 0 Å². The Balaban J connectivity index is 1.96. The third-order valence-electron chi connectivity index (χ3n) is 2.20. The standard InChI is InChI=1S/C12H11N3OS/c13-15-14-11-5-1-2-6-12(11)16-8-7-10-4-3-9-17-10/h1-6,9H,7-8H2. The highest BCUT2D eigenvalue weighted by Gasteiger charge is 2.01. The van der Waals surface area contributed by atoms with E-state index in [1.54, 1.807) is 23.5 Å². The molecule has 17 heavy (non-hydrogen) atoms. The third-order valence-corrected chi connectivity index (χ3v) is 3.14. The molecule has 4 nitrogen and oxygen atoms in total. The first kappa shape index (κ1) is 11.5. The zero-order valence-corrected chi connectivity index (χ0v) is 9.93. The van der Waals surface area contributed by atoms with E-state index in [1.165, 1.54) is 4.88 Å². The van der Waals surface area contributed by atoms with Gasteiger partial charge >= 0.3 is 0 Å². The van der Waals surface area contributed by atoms with E-state index in [0.29, 0.717) is 18.0 Å². The summed E-state index contributed by atoms with van der Waals surface area (Å²) in [6.07, 6.45) is 0.863. The molecule has 0 aliphatic rings. The Hall–Kier alpha value is -1.97. The number of para-hydroxylation sites is 1. The second-order valence-electron chi connectivity index (χ2n) is 3.33. The molecule has 0 aliphatic carbocycles. The molecule has 1 heterocycles. The Morgan fingerprint density at radius 2 is 2.12 bits per heavy atom. The van der Waals surface area contributed by atoms with E-state index >= 15 is 0 Å². The molecule has 2 aromatic rings. The predicted molar refractivity (Wildman–Crippen MR) is 68.8 cm³/mol. The Labute approximate surface area is 103 Å². The lowest BCUT2D eigenvalue weighted by Crippen LogP contribution is -1.99. The maximum absolute atomic E-state index is 8.42. The molecule has 0 amide bonds. The van der Waals surface area contributed by atoms with E-state index in [9.17, 15) is 0 Å². The van der Waals surface area contributed by atoms with Gasteiger partial charge in [0.25, 0.3) is 0 Å². The fourth-order valence-corrected chi connectivity index (χ4v) is 2.12. The number of benzene rings is 1. The summed E-state index contributed by atoms with van der Waals surface area (Å²) in [5.74, 6) is 0.627. The van der Waals surface area contributed by atoms with Gasteiger partial charge in [-0.1, -0.05) is 23.3 Å². The zero-order valence-electron chi connectivity index (χ0n) is 9.11. The summed E-state index contributed by atoms with van der Waals surface area (Å²) in [7, 11) is 0. The van der Waals surface area contributed by atoms with Gasteiger partial charge in [-0.15, -0.1) is 11.3 Å². The molecule has 0 bridgehead atoms. The summed E-state index contributed by atoms with van der Waals surface area (Å²) in [5, 5.41) is 5.63. The van der Waals surface area contributed by atoms with Crippen LogP contribution in [0.1, 0.15) is 4.88 Å². The predicted octanol–water partition coefficient (Wildman–Crippen LogP) is 4.31. The lowest BCUT2D eigenvalue weighted by atomic mass is 10.3. The normalized spacial score (nSPS) is 9.65. The van der Waals surface area contributed by atoms with E-state index in [1.807, 2.05) is 23.6 Å². The van der Waals surface area contributed by atoms with Crippen LogP contribution in [0.5, 0.6) is 5.75 Å². The molecular weight excluding hydrogens is 234 g/mol. The molecule has 0 saturated carbocycles. The van der Waals surface area contributed by atoms with Crippen molar-refractivity contribution in [2.24, 2.45) is 5.11 Å². The van der Waals surface area contributed by atoms with Crippen LogP contribution in [0.15, 0.2) is 46.9 Å². The van der Waals surface area contributed by atoms with Crippen molar-refractivity contribution in [3.8, 4) is 5.75 Å². The first-order chi connectivity index (χ1) is 8.40. The van der Waals surface area contributed by atoms with E-state index in [-0.39, 0.29) is 0 Å². The van der Waals surface area contributed by atoms with Crippen LogP contribution in [0, 0.1) is 0 Å². The van der Waals surface area contributed by atoms with Crippen LogP contribution in [0.2, 0.25) is 0 Å². The number of thiophene rings is 1. The summed E-state index contributed by atoms with van der Waals surface area (Å²) in [6.45, 7) is 0.582. The summed E-state index contributed by atoms with van der Waals surface area (Å²) >= 11 is 1.71. The molecule has 86 valence electrons. The molecular formula is C12H11N3OS. The number of nitrogens with zero attached hydrogens (tertiary/aromatic N) is 3. The number of azide groups is 1. The number of ether oxygens (including phenoxy) is 1. The van der Waals surface area contributed by atoms with Crippen LogP contribution in [-0.2, 0) is 6.42 Å². The van der Waals surface area contributed by atoms with Gasteiger partial charge in [0, 0.05) is 16.2 Å². The quantitative estimate of drug-likeness (QED) is 0.440. The van der Waals surface area contributed by atoms with Crippen molar-refractivity contribution in [2.45, 2.75) is 6.42 Å². The van der Waals surface area contributed by atoms with E-state index in [4.69, 9.17) is 10.3 Å². The van der Waals surface area contributed by atoms with Crippen LogP contribution < -0.4 is 4.74 Å². The van der Waals surface area contributed by atoms with Crippen molar-refractivity contribution in [3.63, 3.8) is 0 Å². The Morgan fingerprint density at radius 1 is 1.24 bits per heavy atom. The smallest absolute Gasteiger partial charge is 0.128 e. The van der Waals surface area contributed by atoms with E-state index < -0.39 is 0 Å². The van der Waals surface area contributed by atoms with Gasteiger partial charge in [-0.05, 0) is 29.1 Å². The molecule has 0 saturated heterocycles. The highest BCUT2D eigenvalue weighted by molar-refractivity contribution is 7.09. The van der Waals surface area contributed by atoms with Gasteiger partial charge in [0.15, 0.2) is 0 Å². The molecule has 0 aliphatic heterocycles. The van der Waals surface area contributed by atoms with E-state index in [2.05, 4.69) is 16.1 Å². The van der Waals surface area contributed by atoms with Gasteiger partial charge in [0.2, 0.25) is 0 Å². The maximum Gasteiger partial charge on any atom is 0.128 e. The molecule has 0 radical (unpaired) electrons. The highest BCUT2D eigenvalue weighted by Crippen LogP contribution is 2.27. The minimum atomic E-state index is 0.529. The fraction of sp³-hybridized carbons (Fsp3) is 0.167. The van der Waals surface area contributed by atoms with Crippen LogP contribution in [0.4, 0.5) is 5.69 Å². The molecule has 5 heteroatoms. The van der Waals surface area contributed by atoms with Gasteiger partial charge < -0.3 is 4.74 Å². The average molecular weight is 245 g/mol. The lowest BCUT2D eigenvalue weighted by molar-refractivity contribution is 0.324. The average Bonchev–Trinajstić information content (AvgIpc) is 2.85. The van der Waals surface area contributed by atoms with Crippen molar-refractivity contribution in [3.05, 3.63) is 57.1 Å². The maximum atomic E-state index is 8.42. The molecule has 0 N–H and O–H groups in total. The monoisotopic (exact) mass is 245 g/mol. The Bertz CT molecular complexity index is 518. The number of hydrogen-bond donors (Lipinski definition) is 0. The van der Waals surface area contributed by atoms with Gasteiger partial charge in [0.1, 0.15) is 5.75 Å². The van der Waals surface area contributed by atoms with Gasteiger partial charge in [0.05, 0.1) is 12.3 Å². The molecule has 1 aromatic carbocycles. The van der Waals surface area contributed by atoms with Crippen LogP contribution >= 0.6 is 11.3 Å². The molecule has 0 fully saturated rings. The highest BCUT2D eigenvalue weighted by atomic mass is 32.1. The summed E-state index contributed by atoms with van der Waals surface area (Å²) in [4.78, 5) is 4.06. The minimum Gasteiger partial charge on any atom is -0.493 e. The van der Waals surface area contributed by atoms with Crippen molar-refractivity contribution in [1.82, 2.24) is 0 Å².